The van der Waals surface area contributed by atoms with Gasteiger partial charge in [-0.05, 0) is 18.9 Å². The molecule has 0 unspecified atom stereocenters. The fourth-order valence-electron chi connectivity index (χ4n) is 0.979. The molecule has 0 fully saturated rings. The van der Waals surface area contributed by atoms with Crippen LogP contribution >= 0.6 is 0 Å². The second-order valence-electron chi connectivity index (χ2n) is 2.77. The first-order valence-electron chi connectivity index (χ1n) is 4.35. The van der Waals surface area contributed by atoms with Crippen molar-refractivity contribution < 1.29 is 10.2 Å². The van der Waals surface area contributed by atoms with E-state index in [4.69, 9.17) is 10.2 Å². The molecule has 0 aromatic rings. The van der Waals surface area contributed by atoms with E-state index in [2.05, 4.69) is 6.92 Å². The van der Waals surface area contributed by atoms with Crippen LogP contribution in [0.3, 0.4) is 0 Å². The summed E-state index contributed by atoms with van der Waals surface area (Å²) in [7, 11) is 0. The Labute approximate surface area is 68.6 Å². The summed E-state index contributed by atoms with van der Waals surface area (Å²) in [6.45, 7) is 2.18. The summed E-state index contributed by atoms with van der Waals surface area (Å²) in [4.78, 5) is 0. The maximum Gasteiger partial charge on any atom is 0.269 e. The quantitative estimate of drug-likeness (QED) is 0.460. The van der Waals surface area contributed by atoms with Gasteiger partial charge in [-0.15, -0.1) is 0 Å². The molecule has 0 aliphatic rings. The normalized spacial score (nSPS) is 9.55. The van der Waals surface area contributed by atoms with Crippen LogP contribution in [0.1, 0.15) is 45.4 Å². The SMILES string of the molecule is CCCCCCCC=C(O)O. The van der Waals surface area contributed by atoms with E-state index in [1.54, 1.807) is 0 Å². The van der Waals surface area contributed by atoms with Crippen molar-refractivity contribution in [2.45, 2.75) is 45.4 Å². The van der Waals surface area contributed by atoms with Gasteiger partial charge in [-0.3, -0.25) is 0 Å². The molecule has 2 heteroatoms. The molecule has 0 bridgehead atoms. The minimum Gasteiger partial charge on any atom is -0.481 e. The molecular formula is C9H18O2. The van der Waals surface area contributed by atoms with Crippen LogP contribution in [-0.4, -0.2) is 10.2 Å². The Morgan fingerprint density at radius 3 is 2.27 bits per heavy atom. The van der Waals surface area contributed by atoms with Gasteiger partial charge >= 0.3 is 0 Å². The lowest BCUT2D eigenvalue weighted by Crippen LogP contribution is -1.79. The van der Waals surface area contributed by atoms with Crippen molar-refractivity contribution in [3.8, 4) is 0 Å². The molecule has 0 atom stereocenters. The van der Waals surface area contributed by atoms with Gasteiger partial charge in [0.1, 0.15) is 0 Å². The highest BCUT2D eigenvalue weighted by Crippen LogP contribution is 2.05. The van der Waals surface area contributed by atoms with E-state index in [-0.39, 0.29) is 0 Å². The number of allylic oxidation sites excluding steroid dienone is 1. The largest absolute Gasteiger partial charge is 0.481 e. The molecule has 0 saturated heterocycles. The highest BCUT2D eigenvalue weighted by Gasteiger charge is 1.88. The Kier molecular flexibility index (Phi) is 7.00. The van der Waals surface area contributed by atoms with Crippen LogP contribution in [0.25, 0.3) is 0 Å². The van der Waals surface area contributed by atoms with Crippen LogP contribution in [0.4, 0.5) is 0 Å². The minimum atomic E-state index is -0.541. The number of aliphatic hydroxyl groups excluding tert-OH is 1. The zero-order chi connectivity index (χ0) is 8.53. The Morgan fingerprint density at radius 1 is 1.09 bits per heavy atom. The highest BCUT2D eigenvalue weighted by atomic mass is 16.5. The van der Waals surface area contributed by atoms with Crippen molar-refractivity contribution in [1.29, 1.82) is 0 Å². The van der Waals surface area contributed by atoms with E-state index in [1.807, 2.05) is 0 Å². The molecule has 0 aliphatic heterocycles. The molecule has 2 nitrogen and oxygen atoms in total. The highest BCUT2D eigenvalue weighted by molar-refractivity contribution is 4.78. The van der Waals surface area contributed by atoms with Gasteiger partial charge in [0.2, 0.25) is 0 Å². The smallest absolute Gasteiger partial charge is 0.269 e. The summed E-state index contributed by atoms with van der Waals surface area (Å²) in [5.74, 6) is -0.541. The first-order valence-corrected chi connectivity index (χ1v) is 4.35. The fraction of sp³-hybridized carbons (Fsp3) is 0.778. The summed E-state index contributed by atoms with van der Waals surface area (Å²) in [6, 6.07) is 0. The van der Waals surface area contributed by atoms with E-state index < -0.39 is 5.95 Å². The second-order valence-corrected chi connectivity index (χ2v) is 2.77. The predicted molar refractivity (Wildman–Crippen MR) is 46.7 cm³/mol. The summed E-state index contributed by atoms with van der Waals surface area (Å²) >= 11 is 0. The van der Waals surface area contributed by atoms with Gasteiger partial charge in [0.05, 0.1) is 0 Å². The van der Waals surface area contributed by atoms with Gasteiger partial charge in [0.15, 0.2) is 0 Å². The van der Waals surface area contributed by atoms with Crippen LogP contribution in [0.5, 0.6) is 0 Å². The van der Waals surface area contributed by atoms with Crippen molar-refractivity contribution in [1.82, 2.24) is 0 Å². The molecule has 2 N–H and O–H groups in total. The van der Waals surface area contributed by atoms with E-state index in [9.17, 15) is 0 Å². The average Bonchev–Trinajstić information content (AvgIpc) is 1.96. The third kappa shape index (κ3) is 9.34. The molecule has 0 aliphatic carbocycles. The Hall–Kier alpha value is -0.660. The van der Waals surface area contributed by atoms with Crippen LogP contribution < -0.4 is 0 Å². The van der Waals surface area contributed by atoms with E-state index in [1.165, 1.54) is 31.8 Å². The van der Waals surface area contributed by atoms with Crippen molar-refractivity contribution >= 4 is 0 Å². The molecule has 66 valence electrons. The standard InChI is InChI=1S/C9H18O2/c1-2-3-4-5-6-7-8-9(10)11/h8,10-11H,2-7H2,1H3. The third-order valence-corrected chi connectivity index (χ3v) is 1.63. The Morgan fingerprint density at radius 2 is 1.73 bits per heavy atom. The second kappa shape index (κ2) is 7.45. The molecule has 0 spiro atoms. The summed E-state index contributed by atoms with van der Waals surface area (Å²) < 4.78 is 0. The maximum absolute atomic E-state index is 8.37. The van der Waals surface area contributed by atoms with Crippen molar-refractivity contribution in [2.24, 2.45) is 0 Å². The lowest BCUT2D eigenvalue weighted by atomic mass is 10.1. The fourth-order valence-corrected chi connectivity index (χ4v) is 0.979. The third-order valence-electron chi connectivity index (χ3n) is 1.63. The van der Waals surface area contributed by atoms with Gasteiger partial charge in [0.25, 0.3) is 5.95 Å². The number of aliphatic hydroxyl groups is 2. The molecule has 0 heterocycles. The maximum atomic E-state index is 8.37. The summed E-state index contributed by atoms with van der Waals surface area (Å²) in [6.07, 6.45) is 8.28. The van der Waals surface area contributed by atoms with Gasteiger partial charge in [-0.1, -0.05) is 32.6 Å². The van der Waals surface area contributed by atoms with Crippen molar-refractivity contribution in [3.63, 3.8) is 0 Å². The Balaban J connectivity index is 2.97. The van der Waals surface area contributed by atoms with Crippen molar-refractivity contribution in [3.05, 3.63) is 12.0 Å². The van der Waals surface area contributed by atoms with E-state index in [0.717, 1.165) is 12.8 Å². The van der Waals surface area contributed by atoms with Gasteiger partial charge < -0.3 is 10.2 Å². The van der Waals surface area contributed by atoms with Crippen LogP contribution in [0, 0.1) is 0 Å². The van der Waals surface area contributed by atoms with Crippen LogP contribution in [0.15, 0.2) is 12.0 Å². The van der Waals surface area contributed by atoms with E-state index >= 15 is 0 Å². The predicted octanol–water partition coefficient (Wildman–Crippen LogP) is 3.30. The van der Waals surface area contributed by atoms with Crippen LogP contribution in [0.2, 0.25) is 0 Å². The van der Waals surface area contributed by atoms with Crippen LogP contribution in [-0.2, 0) is 0 Å². The van der Waals surface area contributed by atoms with Gasteiger partial charge in [-0.2, -0.15) is 0 Å². The van der Waals surface area contributed by atoms with Gasteiger partial charge in [-0.25, -0.2) is 0 Å². The first-order chi connectivity index (χ1) is 5.27. The van der Waals surface area contributed by atoms with Gasteiger partial charge in [0, 0.05) is 0 Å². The molecule has 0 rings (SSSR count). The molecule has 0 saturated carbocycles. The minimum absolute atomic E-state index is 0.541. The lowest BCUT2D eigenvalue weighted by Gasteiger charge is -1.95. The number of hydrogen-bond donors (Lipinski definition) is 2. The molecule has 11 heavy (non-hydrogen) atoms. The molecular weight excluding hydrogens is 140 g/mol. The number of rotatable bonds is 6. The summed E-state index contributed by atoms with van der Waals surface area (Å²) in [5.41, 5.74) is 0. The monoisotopic (exact) mass is 158 g/mol. The van der Waals surface area contributed by atoms with Crippen molar-refractivity contribution in [2.75, 3.05) is 0 Å². The Bertz CT molecular complexity index is 104. The average molecular weight is 158 g/mol. The first kappa shape index (κ1) is 10.3. The number of hydrogen-bond acceptors (Lipinski definition) is 2. The molecule has 0 aromatic carbocycles. The molecule has 0 amide bonds. The van der Waals surface area contributed by atoms with E-state index in [0.29, 0.717) is 0 Å². The lowest BCUT2D eigenvalue weighted by molar-refractivity contribution is 0.189. The summed E-state index contributed by atoms with van der Waals surface area (Å²) in [5, 5.41) is 16.7. The zero-order valence-corrected chi connectivity index (χ0v) is 7.21. The zero-order valence-electron chi connectivity index (χ0n) is 7.21. The topological polar surface area (TPSA) is 40.5 Å². The number of unbranched alkanes of at least 4 members (excludes halogenated alkanes) is 5. The molecule has 0 aromatic heterocycles. The molecule has 0 radical (unpaired) electrons.